The molecule has 0 aliphatic heterocycles. The quantitative estimate of drug-likeness (QED) is 0.705. The lowest BCUT2D eigenvalue weighted by atomic mass is 10.3. The van der Waals surface area contributed by atoms with E-state index in [-0.39, 0.29) is 18.3 Å². The van der Waals surface area contributed by atoms with Gasteiger partial charge in [-0.1, -0.05) is 13.8 Å². The van der Waals surface area contributed by atoms with Crippen molar-refractivity contribution >= 4 is 11.6 Å². The number of rotatable bonds is 8. The lowest BCUT2D eigenvalue weighted by molar-refractivity contribution is -0.115. The van der Waals surface area contributed by atoms with Crippen LogP contribution < -0.4 is 10.6 Å². The van der Waals surface area contributed by atoms with Crippen LogP contribution in [-0.4, -0.2) is 43.5 Å². The third-order valence-electron chi connectivity index (χ3n) is 2.91. The van der Waals surface area contributed by atoms with Gasteiger partial charge in [-0.2, -0.15) is 0 Å². The molecule has 0 bridgehead atoms. The van der Waals surface area contributed by atoms with Gasteiger partial charge in [0.05, 0.1) is 6.54 Å². The van der Waals surface area contributed by atoms with Crippen molar-refractivity contribution in [3.63, 3.8) is 0 Å². The van der Waals surface area contributed by atoms with E-state index in [2.05, 4.69) is 29.4 Å². The van der Waals surface area contributed by atoms with E-state index in [0.717, 1.165) is 26.2 Å². The zero-order valence-corrected chi connectivity index (χ0v) is 11.6. The summed E-state index contributed by atoms with van der Waals surface area (Å²) in [5, 5.41) is 5.79. The van der Waals surface area contributed by atoms with Gasteiger partial charge in [-0.05, 0) is 37.4 Å². The number of nitrogens with zero attached hydrogens (tertiary/aromatic N) is 1. The molecule has 0 unspecified atom stereocenters. The van der Waals surface area contributed by atoms with E-state index < -0.39 is 0 Å². The van der Waals surface area contributed by atoms with Crippen molar-refractivity contribution in [3.05, 3.63) is 30.1 Å². The smallest absolute Gasteiger partial charge is 0.238 e. The fourth-order valence-corrected chi connectivity index (χ4v) is 1.72. The summed E-state index contributed by atoms with van der Waals surface area (Å²) in [5.41, 5.74) is 0.608. The highest BCUT2D eigenvalue weighted by Gasteiger charge is 2.03. The van der Waals surface area contributed by atoms with Crippen LogP contribution in [0.4, 0.5) is 10.1 Å². The first-order valence-corrected chi connectivity index (χ1v) is 6.64. The summed E-state index contributed by atoms with van der Waals surface area (Å²) in [6.45, 7) is 8.23. The molecule has 0 aromatic heterocycles. The summed E-state index contributed by atoms with van der Waals surface area (Å²) in [6.07, 6.45) is 0. The zero-order valence-electron chi connectivity index (χ0n) is 11.6. The van der Waals surface area contributed by atoms with Gasteiger partial charge in [0.2, 0.25) is 5.91 Å². The average molecular weight is 267 g/mol. The Balaban J connectivity index is 2.19. The first-order chi connectivity index (χ1) is 9.15. The van der Waals surface area contributed by atoms with Crippen LogP contribution in [0.15, 0.2) is 24.3 Å². The van der Waals surface area contributed by atoms with Crippen molar-refractivity contribution in [1.29, 1.82) is 0 Å². The van der Waals surface area contributed by atoms with Crippen molar-refractivity contribution in [2.45, 2.75) is 13.8 Å². The van der Waals surface area contributed by atoms with Gasteiger partial charge in [0.15, 0.2) is 0 Å². The molecule has 1 aromatic rings. The number of hydrogen-bond acceptors (Lipinski definition) is 3. The maximum absolute atomic E-state index is 12.7. The molecule has 0 aliphatic carbocycles. The van der Waals surface area contributed by atoms with Gasteiger partial charge in [0.25, 0.3) is 0 Å². The molecule has 0 saturated carbocycles. The van der Waals surface area contributed by atoms with E-state index in [1.807, 2.05) is 0 Å². The molecule has 0 heterocycles. The first-order valence-electron chi connectivity index (χ1n) is 6.64. The first kappa shape index (κ1) is 15.6. The number of halogens is 1. The molecule has 5 heteroatoms. The van der Waals surface area contributed by atoms with Crippen LogP contribution in [-0.2, 0) is 4.79 Å². The molecule has 0 aliphatic rings. The summed E-state index contributed by atoms with van der Waals surface area (Å²) in [4.78, 5) is 13.9. The number of benzene rings is 1. The van der Waals surface area contributed by atoms with Gasteiger partial charge in [-0.3, -0.25) is 4.79 Å². The predicted octanol–water partition coefficient (Wildman–Crippen LogP) is 1.70. The Hall–Kier alpha value is -1.46. The Kier molecular flexibility index (Phi) is 7.07. The van der Waals surface area contributed by atoms with Crippen molar-refractivity contribution in [1.82, 2.24) is 10.2 Å². The molecule has 1 amide bonds. The van der Waals surface area contributed by atoms with Gasteiger partial charge in [0.1, 0.15) is 5.82 Å². The molecule has 0 atom stereocenters. The summed E-state index contributed by atoms with van der Waals surface area (Å²) >= 11 is 0. The highest BCUT2D eigenvalue weighted by molar-refractivity contribution is 5.92. The van der Waals surface area contributed by atoms with Crippen molar-refractivity contribution < 1.29 is 9.18 Å². The van der Waals surface area contributed by atoms with Crippen LogP contribution in [0.2, 0.25) is 0 Å². The summed E-state index contributed by atoms with van der Waals surface area (Å²) in [6, 6.07) is 5.74. The molecule has 0 spiro atoms. The summed E-state index contributed by atoms with van der Waals surface area (Å²) in [7, 11) is 0. The Morgan fingerprint density at radius 1 is 1.21 bits per heavy atom. The minimum absolute atomic E-state index is 0.119. The second-order valence-electron chi connectivity index (χ2n) is 4.26. The SMILES string of the molecule is CCN(CC)CCNCC(=O)Nc1ccc(F)cc1. The fraction of sp³-hybridized carbons (Fsp3) is 0.500. The van der Waals surface area contributed by atoms with E-state index in [9.17, 15) is 9.18 Å². The lowest BCUT2D eigenvalue weighted by Gasteiger charge is -2.17. The zero-order chi connectivity index (χ0) is 14.1. The van der Waals surface area contributed by atoms with Crippen molar-refractivity contribution in [2.75, 3.05) is 38.0 Å². The van der Waals surface area contributed by atoms with Gasteiger partial charge in [-0.15, -0.1) is 0 Å². The van der Waals surface area contributed by atoms with Crippen LogP contribution in [0.1, 0.15) is 13.8 Å². The van der Waals surface area contributed by atoms with E-state index in [0.29, 0.717) is 5.69 Å². The number of likely N-dealkylation sites (N-methyl/N-ethyl adjacent to an activating group) is 1. The second-order valence-corrected chi connectivity index (χ2v) is 4.26. The number of carbonyl (C=O) groups excluding carboxylic acids is 1. The average Bonchev–Trinajstić information content (AvgIpc) is 2.42. The number of amides is 1. The fourth-order valence-electron chi connectivity index (χ4n) is 1.72. The maximum Gasteiger partial charge on any atom is 0.238 e. The number of carbonyl (C=O) groups is 1. The van der Waals surface area contributed by atoms with Crippen LogP contribution in [0.25, 0.3) is 0 Å². The van der Waals surface area contributed by atoms with Gasteiger partial charge < -0.3 is 15.5 Å². The van der Waals surface area contributed by atoms with E-state index in [1.54, 1.807) is 12.1 Å². The van der Waals surface area contributed by atoms with E-state index in [1.165, 1.54) is 12.1 Å². The van der Waals surface area contributed by atoms with Crippen LogP contribution in [0, 0.1) is 5.82 Å². The molecular formula is C14H22FN3O. The molecule has 19 heavy (non-hydrogen) atoms. The molecular weight excluding hydrogens is 245 g/mol. The van der Waals surface area contributed by atoms with E-state index >= 15 is 0 Å². The Morgan fingerprint density at radius 3 is 2.42 bits per heavy atom. The van der Waals surface area contributed by atoms with Crippen LogP contribution >= 0.6 is 0 Å². The summed E-state index contributed by atoms with van der Waals surface area (Å²) < 4.78 is 12.7. The largest absolute Gasteiger partial charge is 0.325 e. The third kappa shape index (κ3) is 6.31. The topological polar surface area (TPSA) is 44.4 Å². The second kappa shape index (κ2) is 8.61. The monoisotopic (exact) mass is 267 g/mol. The molecule has 0 radical (unpaired) electrons. The molecule has 1 aromatic carbocycles. The predicted molar refractivity (Wildman–Crippen MR) is 75.7 cm³/mol. The van der Waals surface area contributed by atoms with E-state index in [4.69, 9.17) is 0 Å². The molecule has 2 N–H and O–H groups in total. The van der Waals surface area contributed by atoms with Gasteiger partial charge in [-0.25, -0.2) is 4.39 Å². The Morgan fingerprint density at radius 2 is 1.84 bits per heavy atom. The minimum atomic E-state index is -0.310. The molecule has 1 rings (SSSR count). The van der Waals surface area contributed by atoms with Crippen molar-refractivity contribution in [2.24, 2.45) is 0 Å². The number of anilines is 1. The minimum Gasteiger partial charge on any atom is -0.325 e. The molecule has 0 fully saturated rings. The maximum atomic E-state index is 12.7. The van der Waals surface area contributed by atoms with Crippen molar-refractivity contribution in [3.8, 4) is 0 Å². The third-order valence-corrected chi connectivity index (χ3v) is 2.91. The Labute approximate surface area is 114 Å². The van der Waals surface area contributed by atoms with Gasteiger partial charge >= 0.3 is 0 Å². The molecule has 0 saturated heterocycles. The number of hydrogen-bond donors (Lipinski definition) is 2. The normalized spacial score (nSPS) is 10.7. The molecule has 4 nitrogen and oxygen atoms in total. The highest BCUT2D eigenvalue weighted by Crippen LogP contribution is 2.07. The Bertz CT molecular complexity index is 377. The van der Waals surface area contributed by atoms with Crippen LogP contribution in [0.5, 0.6) is 0 Å². The lowest BCUT2D eigenvalue weighted by Crippen LogP contribution is -2.35. The standard InChI is InChI=1S/C14H22FN3O/c1-3-18(4-2)10-9-16-11-14(19)17-13-7-5-12(15)6-8-13/h5-8,16H,3-4,9-11H2,1-2H3,(H,17,19). The van der Waals surface area contributed by atoms with Gasteiger partial charge in [0, 0.05) is 18.8 Å². The summed E-state index contributed by atoms with van der Waals surface area (Å²) in [5.74, 6) is -0.429. The molecule has 106 valence electrons. The highest BCUT2D eigenvalue weighted by atomic mass is 19.1. The van der Waals surface area contributed by atoms with Crippen LogP contribution in [0.3, 0.4) is 0 Å². The number of nitrogens with one attached hydrogen (secondary N) is 2.